The van der Waals surface area contributed by atoms with Crippen molar-refractivity contribution in [3.63, 3.8) is 0 Å². The number of halogens is 1. The van der Waals surface area contributed by atoms with Crippen LogP contribution >= 0.6 is 0 Å². The van der Waals surface area contributed by atoms with E-state index in [9.17, 15) is 14.0 Å². The summed E-state index contributed by atoms with van der Waals surface area (Å²) in [5.41, 5.74) is 2.90. The summed E-state index contributed by atoms with van der Waals surface area (Å²) in [5.74, 6) is -1.10. The molecule has 2 heterocycles. The molecule has 30 heavy (non-hydrogen) atoms. The number of nitrogens with one attached hydrogen (secondary N) is 2. The number of hydrogen-bond donors (Lipinski definition) is 2. The molecule has 8 nitrogen and oxygen atoms in total. The van der Waals surface area contributed by atoms with Crippen LogP contribution in [0.3, 0.4) is 0 Å². The molecule has 1 aromatic heterocycles. The van der Waals surface area contributed by atoms with Crippen molar-refractivity contribution in [1.82, 2.24) is 20.1 Å². The molecule has 2 aromatic rings. The van der Waals surface area contributed by atoms with Crippen LogP contribution in [0.25, 0.3) is 0 Å². The summed E-state index contributed by atoms with van der Waals surface area (Å²) in [7, 11) is 3.95. The topological polar surface area (TPSA) is 101 Å². The van der Waals surface area contributed by atoms with Gasteiger partial charge >= 0.3 is 6.03 Å². The van der Waals surface area contributed by atoms with Gasteiger partial charge in [-0.15, -0.1) is 0 Å². The number of nitrogens with zero attached hydrogens (tertiary/aromatic N) is 4. The predicted octanol–water partition coefficient (Wildman–Crippen LogP) is 2.38. The largest absolute Gasteiger partial charge is 0.346 e. The first-order chi connectivity index (χ1) is 14.3. The van der Waals surface area contributed by atoms with Crippen LogP contribution in [0.15, 0.2) is 30.5 Å². The number of carbonyl (C=O) groups is 2. The van der Waals surface area contributed by atoms with Gasteiger partial charge in [-0.25, -0.2) is 9.18 Å². The molecule has 1 aliphatic heterocycles. The Morgan fingerprint density at radius 2 is 2.20 bits per heavy atom. The Morgan fingerprint density at radius 1 is 1.43 bits per heavy atom. The van der Waals surface area contributed by atoms with Crippen LogP contribution in [0, 0.1) is 17.1 Å². The van der Waals surface area contributed by atoms with Crippen LogP contribution < -0.4 is 10.6 Å². The maximum atomic E-state index is 14.1. The van der Waals surface area contributed by atoms with Gasteiger partial charge in [0.2, 0.25) is 5.91 Å². The van der Waals surface area contributed by atoms with Crippen LogP contribution in [0.1, 0.15) is 35.3 Å². The minimum atomic E-state index is -0.711. The molecule has 0 fully saturated rings. The third-order valence-corrected chi connectivity index (χ3v) is 4.68. The maximum Gasteiger partial charge on any atom is 0.322 e. The number of anilines is 1. The molecular formula is C21H23FN6O2. The molecule has 3 amide bonds. The van der Waals surface area contributed by atoms with Crippen molar-refractivity contribution < 1.29 is 14.0 Å². The first kappa shape index (κ1) is 21.2. The molecule has 9 heteroatoms. The van der Waals surface area contributed by atoms with Crippen molar-refractivity contribution in [2.75, 3.05) is 26.0 Å². The second kappa shape index (κ2) is 8.88. The highest BCUT2D eigenvalue weighted by Gasteiger charge is 2.25. The fraction of sp³-hybridized carbons (Fsp3) is 0.333. The number of urea groups is 1. The van der Waals surface area contributed by atoms with Crippen molar-refractivity contribution in [1.29, 1.82) is 5.26 Å². The summed E-state index contributed by atoms with van der Waals surface area (Å²) in [6.07, 6.45) is 1.25. The summed E-state index contributed by atoms with van der Waals surface area (Å²) in [5, 5.41) is 14.2. The second-order valence-corrected chi connectivity index (χ2v) is 7.51. The van der Waals surface area contributed by atoms with Gasteiger partial charge in [0.15, 0.2) is 0 Å². The van der Waals surface area contributed by atoms with Crippen molar-refractivity contribution in [2.24, 2.45) is 0 Å². The first-order valence-corrected chi connectivity index (χ1v) is 9.44. The molecule has 0 radical (unpaired) electrons. The van der Waals surface area contributed by atoms with Gasteiger partial charge in [0, 0.05) is 18.4 Å². The Labute approximate surface area is 174 Å². The molecular weight excluding hydrogens is 387 g/mol. The van der Waals surface area contributed by atoms with Crippen LogP contribution in [0.2, 0.25) is 0 Å². The summed E-state index contributed by atoms with van der Waals surface area (Å²) >= 11 is 0. The van der Waals surface area contributed by atoms with E-state index in [4.69, 9.17) is 5.26 Å². The van der Waals surface area contributed by atoms with Crippen molar-refractivity contribution in [3.05, 3.63) is 58.7 Å². The molecule has 1 aliphatic rings. The minimum absolute atomic E-state index is 0.0316. The number of benzene rings is 1. The summed E-state index contributed by atoms with van der Waals surface area (Å²) in [4.78, 5) is 32.2. The average Bonchev–Trinajstić information content (AvgIpc) is 2.68. The standard InChI is InChI=1S/C21H23FN6O2/c1-13(20-17(22)7-15(8-23)9-24-20)25-19(29)12-28-11-16-6-14(10-27(2)3)4-5-18(16)26-21(28)30/h4-7,9,13H,10-12H2,1-3H3,(H,25,29)(H,26,30)/t13-/m0/s1. The smallest absolute Gasteiger partial charge is 0.322 e. The molecule has 0 unspecified atom stereocenters. The monoisotopic (exact) mass is 410 g/mol. The molecule has 1 aromatic carbocycles. The zero-order valence-electron chi connectivity index (χ0n) is 17.1. The molecule has 0 saturated heterocycles. The van der Waals surface area contributed by atoms with Crippen molar-refractivity contribution >= 4 is 17.6 Å². The van der Waals surface area contributed by atoms with E-state index in [1.165, 1.54) is 11.1 Å². The average molecular weight is 410 g/mol. The van der Waals surface area contributed by atoms with Gasteiger partial charge in [-0.3, -0.25) is 9.78 Å². The molecule has 3 rings (SSSR count). The molecule has 0 spiro atoms. The SMILES string of the molecule is C[C@H](NC(=O)CN1Cc2cc(CN(C)C)ccc2NC1=O)c1ncc(C#N)cc1F. The Morgan fingerprint density at radius 3 is 2.87 bits per heavy atom. The van der Waals surface area contributed by atoms with Crippen LogP contribution in [-0.4, -0.2) is 47.4 Å². The zero-order valence-corrected chi connectivity index (χ0v) is 17.1. The highest BCUT2D eigenvalue weighted by molar-refractivity contribution is 5.94. The van der Waals surface area contributed by atoms with Gasteiger partial charge in [-0.2, -0.15) is 5.26 Å². The quantitative estimate of drug-likeness (QED) is 0.761. The van der Waals surface area contributed by atoms with E-state index in [1.807, 2.05) is 43.3 Å². The Balaban J connectivity index is 1.65. The van der Waals surface area contributed by atoms with E-state index in [1.54, 1.807) is 6.92 Å². The van der Waals surface area contributed by atoms with Gasteiger partial charge in [0.25, 0.3) is 0 Å². The third kappa shape index (κ3) is 4.90. The Bertz CT molecular complexity index is 1020. The first-order valence-electron chi connectivity index (χ1n) is 9.44. The van der Waals surface area contributed by atoms with Crippen LogP contribution in [0.4, 0.5) is 14.9 Å². The highest BCUT2D eigenvalue weighted by Crippen LogP contribution is 2.25. The zero-order chi connectivity index (χ0) is 21.8. The van der Waals surface area contributed by atoms with E-state index < -0.39 is 17.8 Å². The number of nitriles is 1. The molecule has 2 N–H and O–H groups in total. The van der Waals surface area contributed by atoms with Crippen LogP contribution in [-0.2, 0) is 17.9 Å². The summed E-state index contributed by atoms with van der Waals surface area (Å²) < 4.78 is 14.1. The normalized spacial score (nSPS) is 14.0. The lowest BCUT2D eigenvalue weighted by Crippen LogP contribution is -2.45. The third-order valence-electron chi connectivity index (χ3n) is 4.68. The lowest BCUT2D eigenvalue weighted by molar-refractivity contribution is -0.122. The maximum absolute atomic E-state index is 14.1. The van der Waals surface area contributed by atoms with Gasteiger partial charge in [-0.05, 0) is 44.3 Å². The number of aromatic nitrogens is 1. The molecule has 0 aliphatic carbocycles. The number of amides is 3. The number of pyridine rings is 1. The van der Waals surface area contributed by atoms with E-state index in [0.29, 0.717) is 6.54 Å². The van der Waals surface area contributed by atoms with Gasteiger partial charge in [-0.1, -0.05) is 12.1 Å². The molecule has 1 atom stereocenters. The van der Waals surface area contributed by atoms with E-state index in [0.717, 1.165) is 29.4 Å². The lowest BCUT2D eigenvalue weighted by atomic mass is 10.1. The van der Waals surface area contributed by atoms with Crippen molar-refractivity contribution in [2.45, 2.75) is 26.1 Å². The molecule has 0 bridgehead atoms. The van der Waals surface area contributed by atoms with Crippen molar-refractivity contribution in [3.8, 4) is 6.07 Å². The fourth-order valence-corrected chi connectivity index (χ4v) is 3.32. The van der Waals surface area contributed by atoms with E-state index in [2.05, 4.69) is 15.6 Å². The molecule has 156 valence electrons. The fourth-order valence-electron chi connectivity index (χ4n) is 3.32. The highest BCUT2D eigenvalue weighted by atomic mass is 19.1. The van der Waals surface area contributed by atoms with E-state index in [-0.39, 0.29) is 23.8 Å². The van der Waals surface area contributed by atoms with Gasteiger partial charge in [0.05, 0.1) is 23.8 Å². The predicted molar refractivity (Wildman–Crippen MR) is 109 cm³/mol. The van der Waals surface area contributed by atoms with Gasteiger partial charge in [0.1, 0.15) is 18.4 Å². The number of hydrogen-bond acceptors (Lipinski definition) is 5. The van der Waals surface area contributed by atoms with E-state index >= 15 is 0 Å². The van der Waals surface area contributed by atoms with Crippen LogP contribution in [0.5, 0.6) is 0 Å². The number of rotatable bonds is 6. The minimum Gasteiger partial charge on any atom is -0.346 e. The summed E-state index contributed by atoms with van der Waals surface area (Å²) in [6.45, 7) is 2.48. The second-order valence-electron chi connectivity index (χ2n) is 7.51. The summed E-state index contributed by atoms with van der Waals surface area (Å²) in [6, 6.07) is 7.65. The molecule has 0 saturated carbocycles. The lowest BCUT2D eigenvalue weighted by Gasteiger charge is -2.29. The Hall–Kier alpha value is -3.51. The number of carbonyl (C=O) groups excluding carboxylic acids is 2. The Kier molecular flexibility index (Phi) is 6.28. The number of fused-ring (bicyclic) bond motifs is 1. The van der Waals surface area contributed by atoms with Gasteiger partial charge < -0.3 is 20.4 Å².